The lowest BCUT2D eigenvalue weighted by atomic mass is 9.96. The highest BCUT2D eigenvalue weighted by Gasteiger charge is 2.27. The van der Waals surface area contributed by atoms with E-state index in [2.05, 4.69) is 41.6 Å². The second-order valence-corrected chi connectivity index (χ2v) is 8.08. The van der Waals surface area contributed by atoms with Gasteiger partial charge in [-0.1, -0.05) is 6.42 Å². The molecule has 0 atom stereocenters. The van der Waals surface area contributed by atoms with Gasteiger partial charge in [-0.15, -0.1) is 10.2 Å². The summed E-state index contributed by atoms with van der Waals surface area (Å²) in [5, 5.41) is 9.09. The molecule has 0 spiro atoms. The number of anilines is 1. The Morgan fingerprint density at radius 3 is 2.26 bits per heavy atom. The van der Waals surface area contributed by atoms with E-state index < -0.39 is 0 Å². The maximum atomic E-state index is 4.62. The van der Waals surface area contributed by atoms with Crippen LogP contribution >= 0.6 is 0 Å². The second-order valence-electron chi connectivity index (χ2n) is 8.08. The number of piperidine rings is 2. The van der Waals surface area contributed by atoms with Crippen LogP contribution in [0.3, 0.4) is 0 Å². The standard InChI is InChI=1S/C20H31N7/c1-15-13-16(2)22-20(21-15)27-11-7-17(8-12-27)19-24-23-18(25(19)3)14-26-9-5-4-6-10-26/h13,17H,4-12,14H2,1-3H3. The summed E-state index contributed by atoms with van der Waals surface area (Å²) in [6, 6.07) is 2.03. The Morgan fingerprint density at radius 2 is 1.59 bits per heavy atom. The van der Waals surface area contributed by atoms with Crippen LogP contribution in [0.15, 0.2) is 6.07 Å². The first-order chi connectivity index (χ1) is 13.1. The summed E-state index contributed by atoms with van der Waals surface area (Å²) in [5.74, 6) is 3.59. The summed E-state index contributed by atoms with van der Waals surface area (Å²) in [7, 11) is 2.13. The van der Waals surface area contributed by atoms with Crippen molar-refractivity contribution in [1.29, 1.82) is 0 Å². The Hall–Kier alpha value is -2.02. The molecule has 0 N–H and O–H groups in total. The number of hydrogen-bond donors (Lipinski definition) is 0. The van der Waals surface area contributed by atoms with Crippen LogP contribution < -0.4 is 4.90 Å². The predicted molar refractivity (Wildman–Crippen MR) is 106 cm³/mol. The number of rotatable bonds is 4. The SMILES string of the molecule is Cc1cc(C)nc(N2CCC(c3nnc(CN4CCCCC4)n3C)CC2)n1. The van der Waals surface area contributed by atoms with Crippen LogP contribution in [0.5, 0.6) is 0 Å². The molecule has 4 rings (SSSR count). The summed E-state index contributed by atoms with van der Waals surface area (Å²) < 4.78 is 2.24. The average molecular weight is 370 g/mol. The fraction of sp³-hybridized carbons (Fsp3) is 0.700. The van der Waals surface area contributed by atoms with E-state index in [0.717, 1.165) is 61.5 Å². The van der Waals surface area contributed by atoms with Gasteiger partial charge in [0.15, 0.2) is 0 Å². The van der Waals surface area contributed by atoms with Gasteiger partial charge in [0.05, 0.1) is 6.54 Å². The van der Waals surface area contributed by atoms with Gasteiger partial charge in [-0.2, -0.15) is 0 Å². The zero-order valence-corrected chi connectivity index (χ0v) is 16.9. The van der Waals surface area contributed by atoms with Crippen LogP contribution in [0.25, 0.3) is 0 Å². The maximum Gasteiger partial charge on any atom is 0.225 e. The summed E-state index contributed by atoms with van der Waals surface area (Å²) in [5.41, 5.74) is 2.07. The third-order valence-electron chi connectivity index (χ3n) is 5.93. The lowest BCUT2D eigenvalue weighted by Gasteiger charge is -2.31. The van der Waals surface area contributed by atoms with E-state index in [1.807, 2.05) is 19.9 Å². The third-order valence-corrected chi connectivity index (χ3v) is 5.93. The van der Waals surface area contributed by atoms with Gasteiger partial charge >= 0.3 is 0 Å². The van der Waals surface area contributed by atoms with E-state index >= 15 is 0 Å². The number of aromatic nitrogens is 5. The molecule has 2 saturated heterocycles. The molecule has 2 aromatic rings. The minimum absolute atomic E-state index is 0.472. The van der Waals surface area contributed by atoms with Crippen molar-refractivity contribution in [2.45, 2.75) is 58.4 Å². The van der Waals surface area contributed by atoms with Gasteiger partial charge in [-0.05, 0) is 58.7 Å². The largest absolute Gasteiger partial charge is 0.341 e. The monoisotopic (exact) mass is 369 g/mol. The van der Waals surface area contributed by atoms with Crippen LogP contribution in [0.2, 0.25) is 0 Å². The van der Waals surface area contributed by atoms with E-state index in [1.54, 1.807) is 0 Å². The molecule has 0 aromatic carbocycles. The van der Waals surface area contributed by atoms with Crippen molar-refractivity contribution < 1.29 is 0 Å². The van der Waals surface area contributed by atoms with E-state index in [1.165, 1.54) is 32.4 Å². The first-order valence-corrected chi connectivity index (χ1v) is 10.3. The van der Waals surface area contributed by atoms with Crippen molar-refractivity contribution in [2.24, 2.45) is 7.05 Å². The van der Waals surface area contributed by atoms with Crippen LogP contribution in [-0.2, 0) is 13.6 Å². The molecular weight excluding hydrogens is 338 g/mol. The highest BCUT2D eigenvalue weighted by atomic mass is 15.3. The molecule has 0 aliphatic carbocycles. The summed E-state index contributed by atoms with van der Waals surface area (Å²) in [6.45, 7) is 9.33. The third kappa shape index (κ3) is 4.13. The summed E-state index contributed by atoms with van der Waals surface area (Å²) >= 11 is 0. The molecule has 0 radical (unpaired) electrons. The summed E-state index contributed by atoms with van der Waals surface area (Å²) in [4.78, 5) is 14.1. The zero-order valence-electron chi connectivity index (χ0n) is 16.9. The Kier molecular flexibility index (Phi) is 5.38. The minimum Gasteiger partial charge on any atom is -0.341 e. The highest BCUT2D eigenvalue weighted by molar-refractivity contribution is 5.33. The fourth-order valence-electron chi connectivity index (χ4n) is 4.37. The first-order valence-electron chi connectivity index (χ1n) is 10.3. The lowest BCUT2D eigenvalue weighted by molar-refractivity contribution is 0.213. The Labute approximate surface area is 161 Å². The van der Waals surface area contributed by atoms with Gasteiger partial charge in [0, 0.05) is 37.4 Å². The minimum atomic E-state index is 0.472. The van der Waals surface area contributed by atoms with Crippen LogP contribution in [0, 0.1) is 13.8 Å². The molecular formula is C20H31N7. The van der Waals surface area contributed by atoms with Gasteiger partial charge in [0.25, 0.3) is 0 Å². The van der Waals surface area contributed by atoms with Gasteiger partial charge < -0.3 is 9.47 Å². The van der Waals surface area contributed by atoms with Crippen LogP contribution in [0.1, 0.15) is 61.1 Å². The fourth-order valence-corrected chi connectivity index (χ4v) is 4.37. The van der Waals surface area contributed by atoms with E-state index in [0.29, 0.717) is 5.92 Å². The van der Waals surface area contributed by atoms with E-state index in [9.17, 15) is 0 Å². The molecule has 2 aliphatic rings. The van der Waals surface area contributed by atoms with Crippen molar-refractivity contribution in [3.63, 3.8) is 0 Å². The molecule has 7 nitrogen and oxygen atoms in total. The summed E-state index contributed by atoms with van der Waals surface area (Å²) in [6.07, 6.45) is 6.13. The second kappa shape index (κ2) is 7.92. The molecule has 0 amide bonds. The van der Waals surface area contributed by atoms with Crippen molar-refractivity contribution in [3.05, 3.63) is 29.1 Å². The molecule has 146 valence electrons. The van der Waals surface area contributed by atoms with Crippen molar-refractivity contribution in [3.8, 4) is 0 Å². The van der Waals surface area contributed by atoms with Crippen LogP contribution in [-0.4, -0.2) is 55.8 Å². The van der Waals surface area contributed by atoms with E-state index in [4.69, 9.17) is 0 Å². The maximum absolute atomic E-state index is 4.62. The molecule has 2 aromatic heterocycles. The van der Waals surface area contributed by atoms with Gasteiger partial charge in [0.2, 0.25) is 5.95 Å². The lowest BCUT2D eigenvalue weighted by Crippen LogP contribution is -2.35. The Bertz CT molecular complexity index is 750. The van der Waals surface area contributed by atoms with Crippen LogP contribution in [0.4, 0.5) is 5.95 Å². The Morgan fingerprint density at radius 1 is 0.926 bits per heavy atom. The van der Waals surface area contributed by atoms with Crippen molar-refractivity contribution in [1.82, 2.24) is 29.6 Å². The molecule has 0 unspecified atom stereocenters. The number of aryl methyl sites for hydroxylation is 2. The molecule has 2 aliphatic heterocycles. The smallest absolute Gasteiger partial charge is 0.225 e. The Balaban J connectivity index is 1.39. The molecule has 4 heterocycles. The van der Waals surface area contributed by atoms with Gasteiger partial charge in [0.1, 0.15) is 11.6 Å². The number of likely N-dealkylation sites (tertiary alicyclic amines) is 1. The average Bonchev–Trinajstić information content (AvgIpc) is 3.02. The van der Waals surface area contributed by atoms with E-state index in [-0.39, 0.29) is 0 Å². The molecule has 7 heteroatoms. The normalized spacial score (nSPS) is 19.6. The number of nitrogens with zero attached hydrogens (tertiary/aromatic N) is 7. The topological polar surface area (TPSA) is 63.0 Å². The highest BCUT2D eigenvalue weighted by Crippen LogP contribution is 2.28. The number of hydrogen-bond acceptors (Lipinski definition) is 6. The quantitative estimate of drug-likeness (QED) is 0.825. The molecule has 27 heavy (non-hydrogen) atoms. The van der Waals surface area contributed by atoms with Gasteiger partial charge in [-0.25, -0.2) is 9.97 Å². The first kappa shape index (κ1) is 18.3. The van der Waals surface area contributed by atoms with Crippen molar-refractivity contribution >= 4 is 5.95 Å². The van der Waals surface area contributed by atoms with Crippen molar-refractivity contribution in [2.75, 3.05) is 31.1 Å². The predicted octanol–water partition coefficient (Wildman–Crippen LogP) is 2.59. The molecule has 0 saturated carbocycles. The molecule has 0 bridgehead atoms. The molecule has 2 fully saturated rings. The van der Waals surface area contributed by atoms with Gasteiger partial charge in [-0.3, -0.25) is 4.90 Å². The zero-order chi connectivity index (χ0) is 18.8.